The second-order valence-corrected chi connectivity index (χ2v) is 3.49. The molecule has 0 aromatic carbocycles. The molecule has 0 unspecified atom stereocenters. The molecule has 0 spiro atoms. The van der Waals surface area contributed by atoms with Crippen LogP contribution in [-0.2, 0) is 4.79 Å². The molecule has 0 saturated carbocycles. The van der Waals surface area contributed by atoms with Crippen LogP contribution in [0.3, 0.4) is 0 Å². The zero-order chi connectivity index (χ0) is 10.9. The normalized spacial score (nSPS) is 14.4. The Kier molecular flexibility index (Phi) is 3.06. The Balaban J connectivity index is 4.61. The fourth-order valence-electron chi connectivity index (χ4n) is 0.714. The summed E-state index contributed by atoms with van der Waals surface area (Å²) in [5, 5.41) is 0. The lowest BCUT2D eigenvalue weighted by Gasteiger charge is -2.26. The highest BCUT2D eigenvalue weighted by Gasteiger charge is 2.59. The minimum Gasteiger partial charge on any atom is -0.303 e. The van der Waals surface area contributed by atoms with E-state index in [0.29, 0.717) is 0 Å². The van der Waals surface area contributed by atoms with Crippen LogP contribution in [0.15, 0.2) is 0 Å². The lowest BCUT2D eigenvalue weighted by molar-refractivity contribution is -0.290. The van der Waals surface area contributed by atoms with Gasteiger partial charge in [0.25, 0.3) is 0 Å². The van der Waals surface area contributed by atoms with Gasteiger partial charge in [0, 0.05) is 11.8 Å². The SMILES string of the molecule is CC(C)(C=O)CC(F)(F)C(F)(F)F. The Labute approximate surface area is 71.9 Å². The molecule has 6 heteroatoms. The molecule has 0 radical (unpaired) electrons. The van der Waals surface area contributed by atoms with Crippen LogP contribution in [-0.4, -0.2) is 18.4 Å². The lowest BCUT2D eigenvalue weighted by atomic mass is 9.88. The highest BCUT2D eigenvalue weighted by molar-refractivity contribution is 5.58. The third-order valence-electron chi connectivity index (χ3n) is 1.41. The molecular formula is C7H9F5O. The predicted octanol–water partition coefficient (Wildman–Crippen LogP) is 2.80. The zero-order valence-electron chi connectivity index (χ0n) is 7.08. The first-order valence-electron chi connectivity index (χ1n) is 3.43. The van der Waals surface area contributed by atoms with Crippen LogP contribution in [0.4, 0.5) is 22.0 Å². The molecule has 0 aliphatic carbocycles. The molecule has 0 amide bonds. The van der Waals surface area contributed by atoms with Crippen molar-refractivity contribution in [3.8, 4) is 0 Å². The molecule has 78 valence electrons. The summed E-state index contributed by atoms with van der Waals surface area (Å²) >= 11 is 0. The summed E-state index contributed by atoms with van der Waals surface area (Å²) in [7, 11) is 0. The highest BCUT2D eigenvalue weighted by Crippen LogP contribution is 2.42. The van der Waals surface area contributed by atoms with Crippen LogP contribution < -0.4 is 0 Å². The van der Waals surface area contributed by atoms with Crippen LogP contribution in [0.1, 0.15) is 20.3 Å². The van der Waals surface area contributed by atoms with E-state index in [4.69, 9.17) is 0 Å². The fraction of sp³-hybridized carbons (Fsp3) is 0.857. The molecule has 0 rings (SSSR count). The summed E-state index contributed by atoms with van der Waals surface area (Å²) in [6, 6.07) is 0. The summed E-state index contributed by atoms with van der Waals surface area (Å²) in [6.07, 6.45) is -7.02. The third-order valence-corrected chi connectivity index (χ3v) is 1.41. The van der Waals surface area contributed by atoms with Gasteiger partial charge in [-0.25, -0.2) is 0 Å². The largest absolute Gasteiger partial charge is 0.453 e. The van der Waals surface area contributed by atoms with E-state index in [2.05, 4.69) is 0 Å². The number of hydrogen-bond donors (Lipinski definition) is 0. The van der Waals surface area contributed by atoms with E-state index in [1.54, 1.807) is 0 Å². The molecule has 0 aliphatic heterocycles. The van der Waals surface area contributed by atoms with Gasteiger partial charge in [-0.2, -0.15) is 22.0 Å². The number of halogens is 5. The maximum atomic E-state index is 12.3. The number of alkyl halides is 5. The number of rotatable bonds is 3. The van der Waals surface area contributed by atoms with Crippen molar-refractivity contribution in [1.29, 1.82) is 0 Å². The van der Waals surface area contributed by atoms with E-state index >= 15 is 0 Å². The highest BCUT2D eigenvalue weighted by atomic mass is 19.4. The Morgan fingerprint density at radius 1 is 1.08 bits per heavy atom. The van der Waals surface area contributed by atoms with E-state index in [-0.39, 0.29) is 6.29 Å². The molecule has 0 heterocycles. The fourth-order valence-corrected chi connectivity index (χ4v) is 0.714. The minimum atomic E-state index is -5.59. The minimum absolute atomic E-state index is 0.0899. The average molecular weight is 204 g/mol. The van der Waals surface area contributed by atoms with Crippen molar-refractivity contribution in [2.75, 3.05) is 0 Å². The van der Waals surface area contributed by atoms with Gasteiger partial charge in [-0.15, -0.1) is 0 Å². The van der Waals surface area contributed by atoms with Gasteiger partial charge < -0.3 is 4.79 Å². The molecule has 0 N–H and O–H groups in total. The number of carbonyl (C=O) groups excluding carboxylic acids is 1. The first kappa shape index (κ1) is 12.3. The van der Waals surface area contributed by atoms with Gasteiger partial charge in [0.15, 0.2) is 0 Å². The number of carbonyl (C=O) groups is 1. The Morgan fingerprint density at radius 2 is 1.46 bits per heavy atom. The van der Waals surface area contributed by atoms with Crippen molar-refractivity contribution in [2.45, 2.75) is 32.4 Å². The standard InChI is InChI=1S/C7H9F5O/c1-5(2,4-13)3-6(8,9)7(10,11)12/h4H,3H2,1-2H3. The molecular weight excluding hydrogens is 195 g/mol. The van der Waals surface area contributed by atoms with Crippen molar-refractivity contribution in [2.24, 2.45) is 5.41 Å². The zero-order valence-corrected chi connectivity index (χ0v) is 7.08. The Morgan fingerprint density at radius 3 is 1.69 bits per heavy atom. The third kappa shape index (κ3) is 3.28. The molecule has 0 atom stereocenters. The molecule has 0 aliphatic rings. The Bertz CT molecular complexity index is 194. The number of aldehydes is 1. The van der Waals surface area contributed by atoms with Crippen LogP contribution in [0.5, 0.6) is 0 Å². The first-order valence-corrected chi connectivity index (χ1v) is 3.43. The molecule has 0 bridgehead atoms. The van der Waals surface area contributed by atoms with Crippen molar-refractivity contribution in [1.82, 2.24) is 0 Å². The van der Waals surface area contributed by atoms with Crippen molar-refractivity contribution < 1.29 is 26.7 Å². The van der Waals surface area contributed by atoms with Gasteiger partial charge in [-0.05, 0) is 0 Å². The van der Waals surface area contributed by atoms with Gasteiger partial charge in [-0.1, -0.05) is 13.8 Å². The second kappa shape index (κ2) is 3.23. The smallest absolute Gasteiger partial charge is 0.303 e. The van der Waals surface area contributed by atoms with Crippen LogP contribution in [0.2, 0.25) is 0 Å². The van der Waals surface area contributed by atoms with E-state index < -0.39 is 23.9 Å². The lowest BCUT2D eigenvalue weighted by Crippen LogP contribution is -2.40. The number of hydrogen-bond acceptors (Lipinski definition) is 1. The van der Waals surface area contributed by atoms with Crippen molar-refractivity contribution in [3.63, 3.8) is 0 Å². The first-order chi connectivity index (χ1) is 5.52. The van der Waals surface area contributed by atoms with E-state index in [1.165, 1.54) is 0 Å². The average Bonchev–Trinajstić information content (AvgIpc) is 1.83. The summed E-state index contributed by atoms with van der Waals surface area (Å²) in [5.74, 6) is -4.81. The topological polar surface area (TPSA) is 17.1 Å². The van der Waals surface area contributed by atoms with Gasteiger partial charge >= 0.3 is 12.1 Å². The molecule has 0 fully saturated rings. The summed E-state index contributed by atoms with van der Waals surface area (Å²) in [5.41, 5.74) is -1.67. The molecule has 13 heavy (non-hydrogen) atoms. The van der Waals surface area contributed by atoms with Gasteiger partial charge in [0.2, 0.25) is 0 Å². The van der Waals surface area contributed by atoms with Gasteiger partial charge in [0.1, 0.15) is 6.29 Å². The molecule has 0 aromatic rings. The summed E-state index contributed by atoms with van der Waals surface area (Å²) in [4.78, 5) is 10.1. The molecule has 1 nitrogen and oxygen atoms in total. The Hall–Kier alpha value is -0.680. The van der Waals surface area contributed by atoms with Gasteiger partial charge in [-0.3, -0.25) is 0 Å². The monoisotopic (exact) mass is 204 g/mol. The van der Waals surface area contributed by atoms with Crippen molar-refractivity contribution in [3.05, 3.63) is 0 Å². The van der Waals surface area contributed by atoms with Crippen LogP contribution in [0, 0.1) is 5.41 Å². The maximum Gasteiger partial charge on any atom is 0.453 e. The van der Waals surface area contributed by atoms with Crippen molar-refractivity contribution >= 4 is 6.29 Å². The summed E-state index contributed by atoms with van der Waals surface area (Å²) < 4.78 is 59.6. The molecule has 0 saturated heterocycles. The van der Waals surface area contributed by atoms with E-state index in [0.717, 1.165) is 13.8 Å². The van der Waals surface area contributed by atoms with Crippen LogP contribution >= 0.6 is 0 Å². The van der Waals surface area contributed by atoms with Crippen LogP contribution in [0.25, 0.3) is 0 Å². The second-order valence-electron chi connectivity index (χ2n) is 3.49. The van der Waals surface area contributed by atoms with E-state index in [1.807, 2.05) is 0 Å². The molecule has 0 aromatic heterocycles. The van der Waals surface area contributed by atoms with E-state index in [9.17, 15) is 26.7 Å². The predicted molar refractivity (Wildman–Crippen MR) is 35.5 cm³/mol. The quantitative estimate of drug-likeness (QED) is 0.510. The van der Waals surface area contributed by atoms with Gasteiger partial charge in [0.05, 0.1) is 0 Å². The summed E-state index contributed by atoms with van der Waals surface area (Å²) in [6.45, 7) is 2.05. The maximum absolute atomic E-state index is 12.3.